The molecule has 0 aromatic heterocycles. The molecule has 0 aromatic carbocycles. The molecule has 8 heteroatoms. The van der Waals surface area contributed by atoms with Crippen molar-refractivity contribution in [1.82, 2.24) is 20.4 Å². The number of hydrogen-bond donors (Lipinski definition) is 2. The molecule has 124 valence electrons. The van der Waals surface area contributed by atoms with Crippen LogP contribution in [0.2, 0.25) is 0 Å². The number of nitrogens with zero attached hydrogens (tertiary/aromatic N) is 2. The highest BCUT2D eigenvalue weighted by Crippen LogP contribution is 2.05. The molecule has 0 saturated carbocycles. The minimum atomic E-state index is -0.0567. The van der Waals surface area contributed by atoms with Crippen LogP contribution in [0.5, 0.6) is 0 Å². The Labute approximate surface area is 138 Å². The molecule has 2 heterocycles. The summed E-state index contributed by atoms with van der Waals surface area (Å²) in [5.74, 6) is 0.177. The van der Waals surface area contributed by atoms with E-state index < -0.39 is 0 Å². The maximum Gasteiger partial charge on any atom is 0.237 e. The van der Waals surface area contributed by atoms with Crippen molar-refractivity contribution in [3.05, 3.63) is 0 Å². The van der Waals surface area contributed by atoms with Crippen LogP contribution < -0.4 is 10.6 Å². The standard InChI is InChI=1S/C13H24N4O2.2ClH/c1-16-7-9-17(10-8-16)12(18)4-6-15-13(19)11-3-2-5-14-11;;/h11,14H,2-10H2,1H3,(H,15,19);2*1H/t11-;;/m0../s1. The fourth-order valence-electron chi connectivity index (χ4n) is 2.54. The normalized spacial score (nSPS) is 22.1. The first-order valence-electron chi connectivity index (χ1n) is 7.14. The van der Waals surface area contributed by atoms with E-state index in [1.807, 2.05) is 4.90 Å². The summed E-state index contributed by atoms with van der Waals surface area (Å²) in [4.78, 5) is 27.8. The van der Waals surface area contributed by atoms with Crippen molar-refractivity contribution in [2.24, 2.45) is 0 Å². The number of halogens is 2. The van der Waals surface area contributed by atoms with Gasteiger partial charge in [0.2, 0.25) is 11.8 Å². The number of likely N-dealkylation sites (N-methyl/N-ethyl adjacent to an activating group) is 1. The fraction of sp³-hybridized carbons (Fsp3) is 0.846. The average molecular weight is 341 g/mol. The molecule has 2 saturated heterocycles. The van der Waals surface area contributed by atoms with E-state index in [4.69, 9.17) is 0 Å². The number of carbonyl (C=O) groups excluding carboxylic acids is 2. The van der Waals surface area contributed by atoms with Crippen molar-refractivity contribution < 1.29 is 9.59 Å². The molecule has 0 bridgehead atoms. The number of nitrogens with one attached hydrogen (secondary N) is 2. The Bertz CT molecular complexity index is 330. The van der Waals surface area contributed by atoms with Gasteiger partial charge in [0.1, 0.15) is 0 Å². The van der Waals surface area contributed by atoms with E-state index in [2.05, 4.69) is 22.6 Å². The van der Waals surface area contributed by atoms with Crippen molar-refractivity contribution in [3.63, 3.8) is 0 Å². The zero-order chi connectivity index (χ0) is 13.7. The molecular formula is C13H26Cl2N4O2. The number of rotatable bonds is 4. The van der Waals surface area contributed by atoms with E-state index in [9.17, 15) is 9.59 Å². The third-order valence-corrected chi connectivity index (χ3v) is 3.87. The maximum absolute atomic E-state index is 11.9. The van der Waals surface area contributed by atoms with Gasteiger partial charge in [0.25, 0.3) is 0 Å². The Morgan fingerprint density at radius 3 is 2.43 bits per heavy atom. The van der Waals surface area contributed by atoms with Gasteiger partial charge in [-0.25, -0.2) is 0 Å². The Balaban J connectivity index is 0.00000200. The summed E-state index contributed by atoms with van der Waals surface area (Å²) in [6, 6.07) is -0.0567. The highest BCUT2D eigenvalue weighted by atomic mass is 35.5. The van der Waals surface area contributed by atoms with E-state index in [1.54, 1.807) is 0 Å². The van der Waals surface area contributed by atoms with E-state index in [1.165, 1.54) is 0 Å². The first-order valence-corrected chi connectivity index (χ1v) is 7.14. The minimum Gasteiger partial charge on any atom is -0.354 e. The largest absolute Gasteiger partial charge is 0.354 e. The number of piperazine rings is 1. The van der Waals surface area contributed by atoms with Crippen molar-refractivity contribution >= 4 is 36.6 Å². The third-order valence-electron chi connectivity index (χ3n) is 3.87. The van der Waals surface area contributed by atoms with Gasteiger partial charge < -0.3 is 20.4 Å². The van der Waals surface area contributed by atoms with Gasteiger partial charge in [-0.2, -0.15) is 0 Å². The first-order chi connectivity index (χ1) is 9.16. The van der Waals surface area contributed by atoms with E-state index in [0.717, 1.165) is 45.6 Å². The van der Waals surface area contributed by atoms with Gasteiger partial charge in [-0.3, -0.25) is 9.59 Å². The first kappa shape index (κ1) is 20.4. The second-order valence-electron chi connectivity index (χ2n) is 5.37. The van der Waals surface area contributed by atoms with Crippen LogP contribution in [0.15, 0.2) is 0 Å². The Morgan fingerprint density at radius 2 is 1.86 bits per heavy atom. The lowest BCUT2D eigenvalue weighted by molar-refractivity contribution is -0.132. The van der Waals surface area contributed by atoms with Crippen LogP contribution in [-0.4, -0.2) is 74.0 Å². The Hall–Kier alpha value is -0.560. The molecule has 2 aliphatic rings. The minimum absolute atomic E-state index is 0. The van der Waals surface area contributed by atoms with Gasteiger partial charge in [-0.15, -0.1) is 24.8 Å². The highest BCUT2D eigenvalue weighted by molar-refractivity contribution is 5.85. The predicted octanol–water partition coefficient (Wildman–Crippen LogP) is -0.138. The van der Waals surface area contributed by atoms with Gasteiger partial charge in [0.05, 0.1) is 6.04 Å². The van der Waals surface area contributed by atoms with Crippen LogP contribution in [0.4, 0.5) is 0 Å². The molecule has 2 N–H and O–H groups in total. The molecule has 0 aromatic rings. The molecule has 0 aliphatic carbocycles. The Kier molecular flexibility index (Phi) is 9.94. The van der Waals surface area contributed by atoms with Gasteiger partial charge >= 0.3 is 0 Å². The molecule has 0 spiro atoms. The van der Waals surface area contributed by atoms with Crippen LogP contribution in [-0.2, 0) is 9.59 Å². The van der Waals surface area contributed by atoms with Crippen LogP contribution in [0.3, 0.4) is 0 Å². The van der Waals surface area contributed by atoms with Crippen LogP contribution in [0.1, 0.15) is 19.3 Å². The lowest BCUT2D eigenvalue weighted by Crippen LogP contribution is -2.48. The smallest absolute Gasteiger partial charge is 0.237 e. The topological polar surface area (TPSA) is 64.7 Å². The summed E-state index contributed by atoms with van der Waals surface area (Å²) in [7, 11) is 2.07. The molecular weight excluding hydrogens is 315 g/mol. The van der Waals surface area contributed by atoms with Crippen LogP contribution in [0.25, 0.3) is 0 Å². The predicted molar refractivity (Wildman–Crippen MR) is 87.2 cm³/mol. The molecule has 2 aliphatic heterocycles. The second-order valence-corrected chi connectivity index (χ2v) is 5.37. The molecule has 6 nitrogen and oxygen atoms in total. The summed E-state index contributed by atoms with van der Waals surface area (Å²) in [5.41, 5.74) is 0. The van der Waals surface area contributed by atoms with E-state index in [-0.39, 0.29) is 42.7 Å². The van der Waals surface area contributed by atoms with E-state index in [0.29, 0.717) is 13.0 Å². The second kappa shape index (κ2) is 10.2. The molecule has 2 amide bonds. The molecule has 21 heavy (non-hydrogen) atoms. The lowest BCUT2D eigenvalue weighted by atomic mass is 10.2. The molecule has 0 radical (unpaired) electrons. The zero-order valence-corrected chi connectivity index (χ0v) is 14.1. The quantitative estimate of drug-likeness (QED) is 0.747. The third kappa shape index (κ3) is 6.38. The van der Waals surface area contributed by atoms with Crippen LogP contribution in [0, 0.1) is 0 Å². The summed E-state index contributed by atoms with van der Waals surface area (Å²) in [5, 5.41) is 5.99. The number of amides is 2. The van der Waals surface area contributed by atoms with Crippen molar-refractivity contribution in [2.75, 3.05) is 46.3 Å². The number of hydrogen-bond acceptors (Lipinski definition) is 4. The highest BCUT2D eigenvalue weighted by Gasteiger charge is 2.22. The monoisotopic (exact) mass is 340 g/mol. The fourth-order valence-corrected chi connectivity index (χ4v) is 2.54. The maximum atomic E-state index is 11.9. The average Bonchev–Trinajstić information content (AvgIpc) is 2.93. The molecule has 0 unspecified atom stereocenters. The van der Waals surface area contributed by atoms with E-state index >= 15 is 0 Å². The van der Waals surface area contributed by atoms with Gasteiger partial charge in [-0.05, 0) is 26.4 Å². The number of carbonyl (C=O) groups is 2. The van der Waals surface area contributed by atoms with Crippen molar-refractivity contribution in [1.29, 1.82) is 0 Å². The summed E-state index contributed by atoms with van der Waals surface area (Å²) in [6.07, 6.45) is 2.36. The summed E-state index contributed by atoms with van der Waals surface area (Å²) < 4.78 is 0. The molecule has 2 fully saturated rings. The molecule has 1 atom stereocenters. The summed E-state index contributed by atoms with van der Waals surface area (Å²) in [6.45, 7) is 4.83. The lowest BCUT2D eigenvalue weighted by Gasteiger charge is -2.32. The Morgan fingerprint density at radius 1 is 1.19 bits per heavy atom. The van der Waals surface area contributed by atoms with Gasteiger partial charge in [-0.1, -0.05) is 0 Å². The summed E-state index contributed by atoms with van der Waals surface area (Å²) >= 11 is 0. The van der Waals surface area contributed by atoms with Crippen molar-refractivity contribution in [3.8, 4) is 0 Å². The zero-order valence-electron chi connectivity index (χ0n) is 12.5. The van der Waals surface area contributed by atoms with Gasteiger partial charge in [0, 0.05) is 39.1 Å². The van der Waals surface area contributed by atoms with Gasteiger partial charge in [0.15, 0.2) is 0 Å². The van der Waals surface area contributed by atoms with Crippen LogP contribution >= 0.6 is 24.8 Å². The SMILES string of the molecule is CN1CCN(C(=O)CCNC(=O)[C@@H]2CCCN2)CC1.Cl.Cl. The molecule has 2 rings (SSSR count). The van der Waals surface area contributed by atoms with Crippen molar-refractivity contribution in [2.45, 2.75) is 25.3 Å².